The van der Waals surface area contributed by atoms with Gasteiger partial charge in [-0.3, -0.25) is 0 Å². The second kappa shape index (κ2) is 4.01. The maximum Gasteiger partial charge on any atom is 0.280 e. The monoisotopic (exact) mass is 220 g/mol. The van der Waals surface area contributed by atoms with E-state index in [1.807, 2.05) is 0 Å². The van der Waals surface area contributed by atoms with Gasteiger partial charge in [0.1, 0.15) is 0 Å². The van der Waals surface area contributed by atoms with Crippen LogP contribution in [0.5, 0.6) is 0 Å². The van der Waals surface area contributed by atoms with Gasteiger partial charge in [-0.25, -0.2) is 0 Å². The van der Waals surface area contributed by atoms with E-state index >= 15 is 0 Å². The summed E-state index contributed by atoms with van der Waals surface area (Å²) in [7, 11) is 0. The van der Waals surface area contributed by atoms with E-state index in [1.54, 1.807) is 6.20 Å². The third-order valence-corrected chi connectivity index (χ3v) is 2.70. The minimum Gasteiger partial charge on any atom is -0.332 e. The summed E-state index contributed by atoms with van der Waals surface area (Å²) in [4.78, 5) is 4.31. The molecule has 0 aliphatic carbocycles. The van der Waals surface area contributed by atoms with Gasteiger partial charge in [-0.05, 0) is 19.4 Å². The van der Waals surface area contributed by atoms with E-state index in [0.717, 1.165) is 13.0 Å². The van der Waals surface area contributed by atoms with E-state index in [9.17, 15) is 0 Å². The normalized spacial score (nSPS) is 21.1. The lowest BCUT2D eigenvalue weighted by Crippen LogP contribution is -2.27. The van der Waals surface area contributed by atoms with Gasteiger partial charge >= 0.3 is 0 Å². The zero-order valence-electron chi connectivity index (χ0n) is 8.68. The molecule has 1 fully saturated rings. The number of H-pyrrole nitrogens is 1. The standard InChI is InChI=1S/C9H12N6O/c1-2-4-10-6(3-1)8-12-9(16-14-8)7-5-11-15-13-7/h5-6,10H,1-4H2,(H,11,13,15). The fourth-order valence-electron chi connectivity index (χ4n) is 1.86. The molecule has 2 aromatic rings. The molecule has 0 spiro atoms. The highest BCUT2D eigenvalue weighted by Gasteiger charge is 2.21. The molecule has 0 bridgehead atoms. The molecule has 7 heteroatoms. The zero-order chi connectivity index (χ0) is 10.8. The summed E-state index contributed by atoms with van der Waals surface area (Å²) in [5.74, 6) is 1.12. The Balaban J connectivity index is 1.82. The molecule has 1 saturated heterocycles. The molecular formula is C9H12N6O. The van der Waals surface area contributed by atoms with E-state index in [2.05, 4.69) is 30.9 Å². The quantitative estimate of drug-likeness (QED) is 0.772. The van der Waals surface area contributed by atoms with Gasteiger partial charge < -0.3 is 9.84 Å². The molecule has 84 valence electrons. The van der Waals surface area contributed by atoms with E-state index in [0.29, 0.717) is 17.4 Å². The summed E-state index contributed by atoms with van der Waals surface area (Å²) in [5, 5.41) is 17.4. The number of hydrogen-bond acceptors (Lipinski definition) is 6. The third-order valence-electron chi connectivity index (χ3n) is 2.70. The molecule has 3 heterocycles. The Hall–Kier alpha value is -1.76. The number of nitrogens with one attached hydrogen (secondary N) is 2. The topological polar surface area (TPSA) is 92.5 Å². The molecule has 1 atom stereocenters. The lowest BCUT2D eigenvalue weighted by molar-refractivity contribution is 0.366. The van der Waals surface area contributed by atoms with Crippen molar-refractivity contribution in [1.29, 1.82) is 0 Å². The first-order chi connectivity index (χ1) is 7.93. The predicted octanol–water partition coefficient (Wildman–Crippen LogP) is 0.669. The van der Waals surface area contributed by atoms with Crippen LogP contribution in [0.25, 0.3) is 11.6 Å². The second-order valence-electron chi connectivity index (χ2n) is 3.82. The Labute approximate surface area is 91.6 Å². The zero-order valence-corrected chi connectivity index (χ0v) is 8.68. The van der Waals surface area contributed by atoms with Gasteiger partial charge in [-0.15, -0.1) is 0 Å². The number of nitrogens with zero attached hydrogens (tertiary/aromatic N) is 4. The summed E-state index contributed by atoms with van der Waals surface area (Å²) in [6.07, 6.45) is 5.03. The SMILES string of the molecule is c1n[nH]nc1-c1nc(C2CCCCN2)no1. The van der Waals surface area contributed by atoms with Crippen molar-refractivity contribution >= 4 is 0 Å². The minimum absolute atomic E-state index is 0.207. The van der Waals surface area contributed by atoms with Crippen molar-refractivity contribution in [2.75, 3.05) is 6.54 Å². The fourth-order valence-corrected chi connectivity index (χ4v) is 1.86. The minimum atomic E-state index is 0.207. The maximum atomic E-state index is 5.14. The third kappa shape index (κ3) is 1.69. The smallest absolute Gasteiger partial charge is 0.280 e. The van der Waals surface area contributed by atoms with Crippen LogP contribution in [0.3, 0.4) is 0 Å². The van der Waals surface area contributed by atoms with Crippen LogP contribution in [-0.2, 0) is 0 Å². The Bertz CT molecular complexity index is 444. The molecule has 1 aliphatic heterocycles. The Morgan fingerprint density at radius 1 is 1.38 bits per heavy atom. The van der Waals surface area contributed by atoms with Gasteiger partial charge in [0, 0.05) is 0 Å². The van der Waals surface area contributed by atoms with Crippen molar-refractivity contribution in [1.82, 2.24) is 30.9 Å². The van der Waals surface area contributed by atoms with Crippen molar-refractivity contribution in [2.45, 2.75) is 25.3 Å². The van der Waals surface area contributed by atoms with Crippen molar-refractivity contribution < 1.29 is 4.52 Å². The van der Waals surface area contributed by atoms with Crippen LogP contribution in [0.4, 0.5) is 0 Å². The van der Waals surface area contributed by atoms with Crippen molar-refractivity contribution in [3.8, 4) is 11.6 Å². The summed E-state index contributed by atoms with van der Waals surface area (Å²) >= 11 is 0. The first kappa shape index (κ1) is 9.46. The molecule has 1 aliphatic rings. The molecular weight excluding hydrogens is 208 g/mol. The molecule has 3 rings (SSSR count). The maximum absolute atomic E-state index is 5.14. The first-order valence-electron chi connectivity index (χ1n) is 5.36. The van der Waals surface area contributed by atoms with E-state index < -0.39 is 0 Å². The average molecular weight is 220 g/mol. The Morgan fingerprint density at radius 2 is 2.38 bits per heavy atom. The molecule has 16 heavy (non-hydrogen) atoms. The number of aromatic amines is 1. The van der Waals surface area contributed by atoms with E-state index in [1.165, 1.54) is 12.8 Å². The van der Waals surface area contributed by atoms with Crippen LogP contribution < -0.4 is 5.32 Å². The Kier molecular flexibility index (Phi) is 2.37. The second-order valence-corrected chi connectivity index (χ2v) is 3.82. The first-order valence-corrected chi connectivity index (χ1v) is 5.36. The molecule has 0 radical (unpaired) electrons. The summed E-state index contributed by atoms with van der Waals surface area (Å²) < 4.78 is 5.14. The van der Waals surface area contributed by atoms with Crippen LogP contribution in [0.1, 0.15) is 31.1 Å². The lowest BCUT2D eigenvalue weighted by Gasteiger charge is -2.19. The largest absolute Gasteiger partial charge is 0.332 e. The van der Waals surface area contributed by atoms with Crippen LogP contribution in [-0.4, -0.2) is 32.1 Å². The van der Waals surface area contributed by atoms with Gasteiger partial charge in [0.05, 0.1) is 12.2 Å². The molecule has 7 nitrogen and oxygen atoms in total. The average Bonchev–Trinajstić information content (AvgIpc) is 3.01. The highest BCUT2D eigenvalue weighted by Crippen LogP contribution is 2.22. The summed E-state index contributed by atoms with van der Waals surface area (Å²) in [5.41, 5.74) is 0.578. The number of rotatable bonds is 2. The highest BCUT2D eigenvalue weighted by atomic mass is 16.5. The molecule has 0 amide bonds. The number of aromatic nitrogens is 5. The van der Waals surface area contributed by atoms with Crippen molar-refractivity contribution in [2.24, 2.45) is 0 Å². The van der Waals surface area contributed by atoms with Gasteiger partial charge in [0.25, 0.3) is 5.89 Å². The van der Waals surface area contributed by atoms with Crippen molar-refractivity contribution in [3.63, 3.8) is 0 Å². The molecule has 2 aromatic heterocycles. The summed E-state index contributed by atoms with van der Waals surface area (Å²) in [6.45, 7) is 1.01. The fraction of sp³-hybridized carbons (Fsp3) is 0.556. The Morgan fingerprint density at radius 3 is 3.12 bits per heavy atom. The molecule has 1 unspecified atom stereocenters. The van der Waals surface area contributed by atoms with Gasteiger partial charge in [-0.2, -0.15) is 20.4 Å². The van der Waals surface area contributed by atoms with E-state index in [-0.39, 0.29) is 6.04 Å². The van der Waals surface area contributed by atoms with Crippen molar-refractivity contribution in [3.05, 3.63) is 12.0 Å². The van der Waals surface area contributed by atoms with Gasteiger partial charge in [-0.1, -0.05) is 11.6 Å². The highest BCUT2D eigenvalue weighted by molar-refractivity contribution is 5.42. The number of hydrogen-bond donors (Lipinski definition) is 2. The summed E-state index contributed by atoms with van der Waals surface area (Å²) in [6, 6.07) is 0.207. The molecule has 2 N–H and O–H groups in total. The van der Waals surface area contributed by atoms with Crippen LogP contribution in [0.2, 0.25) is 0 Å². The number of piperidine rings is 1. The predicted molar refractivity (Wildman–Crippen MR) is 54.3 cm³/mol. The van der Waals surface area contributed by atoms with Crippen LogP contribution >= 0.6 is 0 Å². The van der Waals surface area contributed by atoms with Gasteiger partial charge in [0.15, 0.2) is 11.5 Å². The van der Waals surface area contributed by atoms with E-state index in [4.69, 9.17) is 4.52 Å². The molecule has 0 aromatic carbocycles. The molecule has 0 saturated carbocycles. The van der Waals surface area contributed by atoms with Crippen LogP contribution in [0.15, 0.2) is 10.7 Å². The lowest BCUT2D eigenvalue weighted by atomic mass is 10.0. The van der Waals surface area contributed by atoms with Crippen LogP contribution in [0, 0.1) is 0 Å². The van der Waals surface area contributed by atoms with Gasteiger partial charge in [0.2, 0.25) is 0 Å².